The molecule has 1 fully saturated rings. The van der Waals surface area contributed by atoms with Crippen molar-refractivity contribution in [2.75, 3.05) is 6.54 Å². The molecule has 0 atom stereocenters. The molecule has 2 aromatic heterocycles. The van der Waals surface area contributed by atoms with E-state index in [9.17, 15) is 13.6 Å². The zero-order valence-corrected chi connectivity index (χ0v) is 18.5. The van der Waals surface area contributed by atoms with Gasteiger partial charge in [-0.2, -0.15) is 5.10 Å². The first-order valence-electron chi connectivity index (χ1n) is 10.8. The molecule has 2 aliphatic rings. The molecule has 168 valence electrons. The van der Waals surface area contributed by atoms with Gasteiger partial charge in [-0.25, -0.2) is 23.5 Å². The normalized spacial score (nSPS) is 19.2. The van der Waals surface area contributed by atoms with Gasteiger partial charge in [-0.3, -0.25) is 4.68 Å². The van der Waals surface area contributed by atoms with Gasteiger partial charge in [0.05, 0.1) is 17.9 Å². The predicted octanol–water partition coefficient (Wildman–Crippen LogP) is 4.46. The first-order chi connectivity index (χ1) is 14.5. The summed E-state index contributed by atoms with van der Waals surface area (Å²) in [6, 6.07) is 1.89. The molecule has 4 rings (SSSR count). The van der Waals surface area contributed by atoms with Crippen molar-refractivity contribution >= 4 is 6.09 Å². The van der Waals surface area contributed by atoms with Crippen LogP contribution in [0.2, 0.25) is 0 Å². The molecule has 0 radical (unpaired) electrons. The van der Waals surface area contributed by atoms with Crippen molar-refractivity contribution in [2.45, 2.75) is 76.9 Å². The molecule has 0 aromatic carbocycles. The molecule has 7 nitrogen and oxygen atoms in total. The Hall–Kier alpha value is -2.58. The van der Waals surface area contributed by atoms with Gasteiger partial charge >= 0.3 is 6.09 Å². The number of ether oxygens (including phenoxy) is 1. The van der Waals surface area contributed by atoms with Crippen LogP contribution >= 0.6 is 0 Å². The topological polar surface area (TPSA) is 73.1 Å². The van der Waals surface area contributed by atoms with Crippen molar-refractivity contribution in [1.29, 1.82) is 0 Å². The fourth-order valence-electron chi connectivity index (χ4n) is 4.17. The summed E-state index contributed by atoms with van der Waals surface area (Å²) in [7, 11) is 1.84. The van der Waals surface area contributed by atoms with E-state index < -0.39 is 11.5 Å². The lowest BCUT2D eigenvalue weighted by Gasteiger charge is -2.32. The molecule has 1 aliphatic carbocycles. The van der Waals surface area contributed by atoms with Gasteiger partial charge in [0.1, 0.15) is 17.1 Å². The number of fused-ring (bicyclic) bond motifs is 1. The van der Waals surface area contributed by atoms with Crippen molar-refractivity contribution in [3.63, 3.8) is 0 Å². The number of nitrogens with zero attached hydrogens (tertiary/aromatic N) is 5. The van der Waals surface area contributed by atoms with Gasteiger partial charge in [-0.1, -0.05) is 0 Å². The highest BCUT2D eigenvalue weighted by atomic mass is 19.3. The quantitative estimate of drug-likeness (QED) is 0.699. The van der Waals surface area contributed by atoms with E-state index in [4.69, 9.17) is 14.7 Å². The minimum absolute atomic E-state index is 0.121. The van der Waals surface area contributed by atoms with Gasteiger partial charge < -0.3 is 9.64 Å². The smallest absolute Gasteiger partial charge is 0.410 e. The number of amides is 1. The third kappa shape index (κ3) is 4.85. The predicted molar refractivity (Wildman–Crippen MR) is 111 cm³/mol. The first kappa shape index (κ1) is 21.6. The highest BCUT2D eigenvalue weighted by molar-refractivity contribution is 5.69. The molecule has 0 N–H and O–H groups in total. The lowest BCUT2D eigenvalue weighted by Crippen LogP contribution is -2.40. The van der Waals surface area contributed by atoms with E-state index in [-0.39, 0.29) is 24.9 Å². The summed E-state index contributed by atoms with van der Waals surface area (Å²) < 4.78 is 34.6. The number of halogens is 2. The number of aryl methyl sites for hydroxylation is 1. The van der Waals surface area contributed by atoms with Crippen LogP contribution < -0.4 is 0 Å². The van der Waals surface area contributed by atoms with Crippen LogP contribution in [0, 0.1) is 0 Å². The second-order valence-electron chi connectivity index (χ2n) is 9.51. The van der Waals surface area contributed by atoms with Crippen LogP contribution in [0.25, 0.3) is 11.4 Å². The van der Waals surface area contributed by atoms with Crippen LogP contribution in [0.4, 0.5) is 13.6 Å². The molecule has 31 heavy (non-hydrogen) atoms. The van der Waals surface area contributed by atoms with E-state index in [1.54, 1.807) is 9.58 Å². The maximum Gasteiger partial charge on any atom is 0.410 e. The lowest BCUT2D eigenvalue weighted by molar-refractivity contribution is -0.0388. The molecule has 1 saturated carbocycles. The summed E-state index contributed by atoms with van der Waals surface area (Å²) in [5.74, 6) is -2.16. The van der Waals surface area contributed by atoms with E-state index >= 15 is 0 Å². The summed E-state index contributed by atoms with van der Waals surface area (Å²) in [5.41, 5.74) is 2.60. The standard InChI is InChI=1S/C22H29F2N5O2/c1-21(2,3)31-20(30)29-12-7-15-17(13-29)25-19(14-5-9-22(23,24)10-6-14)26-18(15)16-8-11-28(4)27-16/h8,11,14H,5-7,9-10,12-13H2,1-4H3. The van der Waals surface area contributed by atoms with Crippen molar-refractivity contribution in [3.05, 3.63) is 29.3 Å². The number of carbonyl (C=O) groups excluding carboxylic acids is 1. The maximum absolute atomic E-state index is 13.7. The molecule has 1 amide bonds. The van der Waals surface area contributed by atoms with Crippen LogP contribution in [-0.4, -0.2) is 48.8 Å². The molecular formula is C22H29F2N5O2. The summed E-state index contributed by atoms with van der Waals surface area (Å²) in [4.78, 5) is 23.8. The summed E-state index contributed by atoms with van der Waals surface area (Å²) in [6.07, 6.45) is 2.45. The van der Waals surface area contributed by atoms with E-state index in [1.807, 2.05) is 40.1 Å². The number of carbonyl (C=O) groups is 1. The SMILES string of the molecule is Cn1ccc(-c2nc(C3CCC(F)(F)CC3)nc3c2CCN(C(=O)OC(C)(C)C)C3)n1. The summed E-state index contributed by atoms with van der Waals surface area (Å²) in [6.45, 7) is 6.31. The van der Waals surface area contributed by atoms with Crippen LogP contribution in [0.1, 0.15) is 69.5 Å². The molecule has 0 saturated heterocycles. The third-order valence-electron chi connectivity index (χ3n) is 5.77. The molecule has 3 heterocycles. The van der Waals surface area contributed by atoms with Gasteiger partial charge in [0, 0.05) is 44.1 Å². The van der Waals surface area contributed by atoms with Crippen molar-refractivity contribution in [2.24, 2.45) is 7.05 Å². The van der Waals surface area contributed by atoms with Crippen LogP contribution in [0.15, 0.2) is 12.3 Å². The highest BCUT2D eigenvalue weighted by Crippen LogP contribution is 2.41. The molecule has 0 bridgehead atoms. The second kappa shape index (κ2) is 7.84. The van der Waals surface area contributed by atoms with Crippen LogP contribution in [-0.2, 0) is 24.8 Å². The Labute approximate surface area is 180 Å². The minimum Gasteiger partial charge on any atom is -0.444 e. The van der Waals surface area contributed by atoms with Gasteiger partial charge in [0.15, 0.2) is 0 Å². The van der Waals surface area contributed by atoms with Gasteiger partial charge in [0.2, 0.25) is 5.92 Å². The van der Waals surface area contributed by atoms with E-state index in [2.05, 4.69) is 5.10 Å². The number of alkyl halides is 2. The van der Waals surface area contributed by atoms with E-state index in [0.717, 1.165) is 22.6 Å². The molecule has 1 aliphatic heterocycles. The minimum atomic E-state index is -2.61. The highest BCUT2D eigenvalue weighted by Gasteiger charge is 2.37. The zero-order chi connectivity index (χ0) is 22.4. The Morgan fingerprint density at radius 3 is 2.55 bits per heavy atom. The monoisotopic (exact) mass is 433 g/mol. The Kier molecular flexibility index (Phi) is 5.47. The lowest BCUT2D eigenvalue weighted by atomic mass is 9.86. The molecule has 9 heteroatoms. The van der Waals surface area contributed by atoms with Crippen molar-refractivity contribution < 1.29 is 18.3 Å². The second-order valence-corrected chi connectivity index (χ2v) is 9.51. The maximum atomic E-state index is 13.7. The molecule has 2 aromatic rings. The Balaban J connectivity index is 1.68. The number of aromatic nitrogens is 4. The summed E-state index contributed by atoms with van der Waals surface area (Å²) >= 11 is 0. The molecule has 0 unspecified atom stereocenters. The van der Waals surface area contributed by atoms with Crippen molar-refractivity contribution in [1.82, 2.24) is 24.6 Å². The summed E-state index contributed by atoms with van der Waals surface area (Å²) in [5, 5.41) is 4.50. The van der Waals surface area contributed by atoms with Gasteiger partial charge in [-0.15, -0.1) is 0 Å². The van der Waals surface area contributed by atoms with Crippen LogP contribution in [0.3, 0.4) is 0 Å². The van der Waals surface area contributed by atoms with Crippen molar-refractivity contribution in [3.8, 4) is 11.4 Å². The van der Waals surface area contributed by atoms with Crippen LogP contribution in [0.5, 0.6) is 0 Å². The number of rotatable bonds is 2. The van der Waals surface area contributed by atoms with E-state index in [0.29, 0.717) is 38.2 Å². The first-order valence-corrected chi connectivity index (χ1v) is 10.8. The number of hydrogen-bond donors (Lipinski definition) is 0. The molecular weight excluding hydrogens is 404 g/mol. The fourth-order valence-corrected chi connectivity index (χ4v) is 4.17. The number of hydrogen-bond acceptors (Lipinski definition) is 5. The fraction of sp³-hybridized carbons (Fsp3) is 0.636. The zero-order valence-electron chi connectivity index (χ0n) is 18.5. The molecule has 0 spiro atoms. The largest absolute Gasteiger partial charge is 0.444 e. The third-order valence-corrected chi connectivity index (χ3v) is 5.77. The average Bonchev–Trinajstić information content (AvgIpc) is 3.11. The Morgan fingerprint density at radius 1 is 1.23 bits per heavy atom. The van der Waals surface area contributed by atoms with Gasteiger partial charge in [-0.05, 0) is 46.1 Å². The van der Waals surface area contributed by atoms with Gasteiger partial charge in [0.25, 0.3) is 0 Å². The Morgan fingerprint density at radius 2 is 1.94 bits per heavy atom. The average molecular weight is 434 g/mol. The Bertz CT molecular complexity index is 973. The van der Waals surface area contributed by atoms with E-state index in [1.165, 1.54) is 0 Å².